The van der Waals surface area contributed by atoms with Crippen molar-refractivity contribution < 1.29 is 22.7 Å². The van der Waals surface area contributed by atoms with E-state index in [1.54, 1.807) is 6.92 Å². The average molecular weight is 425 g/mol. The van der Waals surface area contributed by atoms with Crippen LogP contribution in [0.1, 0.15) is 23.6 Å². The van der Waals surface area contributed by atoms with Gasteiger partial charge in [-0.2, -0.15) is 13.2 Å². The third-order valence-electron chi connectivity index (χ3n) is 5.06. The number of ether oxygens (including phenoxy) is 1. The standard InChI is InChI=1S/C25H22F3NO2/c1-3-16-31-22-15-14-20(17-21(22)25(26,27)28)29-23(30)24(2,18-10-6-4-7-11-18)19-12-8-5-9-13-19/h3-15,17H,1,16H2,2H3,(H,29,30). The molecule has 0 fully saturated rings. The van der Waals surface area contributed by atoms with E-state index in [-0.39, 0.29) is 18.0 Å². The van der Waals surface area contributed by atoms with Crippen LogP contribution in [0.4, 0.5) is 18.9 Å². The zero-order chi connectivity index (χ0) is 22.5. The van der Waals surface area contributed by atoms with Crippen LogP contribution in [0, 0.1) is 0 Å². The molecule has 0 bridgehead atoms. The number of rotatable bonds is 7. The van der Waals surface area contributed by atoms with Gasteiger partial charge in [0.15, 0.2) is 0 Å². The van der Waals surface area contributed by atoms with Crippen molar-refractivity contribution >= 4 is 11.6 Å². The van der Waals surface area contributed by atoms with Crippen molar-refractivity contribution in [3.8, 4) is 5.75 Å². The Morgan fingerprint density at radius 3 is 2.00 bits per heavy atom. The summed E-state index contributed by atoms with van der Waals surface area (Å²) in [6.45, 7) is 5.13. The van der Waals surface area contributed by atoms with Gasteiger partial charge >= 0.3 is 6.18 Å². The van der Waals surface area contributed by atoms with Gasteiger partial charge < -0.3 is 10.1 Å². The van der Waals surface area contributed by atoms with Gasteiger partial charge in [-0.25, -0.2) is 0 Å². The van der Waals surface area contributed by atoms with Crippen molar-refractivity contribution in [2.45, 2.75) is 18.5 Å². The first-order valence-electron chi connectivity index (χ1n) is 9.64. The van der Waals surface area contributed by atoms with Crippen LogP contribution in [0.5, 0.6) is 5.75 Å². The van der Waals surface area contributed by atoms with Gasteiger partial charge in [-0.3, -0.25) is 4.79 Å². The third-order valence-corrected chi connectivity index (χ3v) is 5.06. The van der Waals surface area contributed by atoms with Crippen molar-refractivity contribution in [3.63, 3.8) is 0 Å². The molecule has 0 aliphatic carbocycles. The molecule has 160 valence electrons. The molecule has 0 saturated carbocycles. The molecule has 3 nitrogen and oxygen atoms in total. The number of hydrogen-bond acceptors (Lipinski definition) is 2. The maximum absolute atomic E-state index is 13.5. The number of anilines is 1. The first-order valence-corrected chi connectivity index (χ1v) is 9.64. The topological polar surface area (TPSA) is 38.3 Å². The van der Waals surface area contributed by atoms with Crippen molar-refractivity contribution in [1.82, 2.24) is 0 Å². The molecule has 0 unspecified atom stereocenters. The number of carbonyl (C=O) groups is 1. The van der Waals surface area contributed by atoms with Crippen LogP contribution >= 0.6 is 0 Å². The van der Waals surface area contributed by atoms with Gasteiger partial charge in [0.25, 0.3) is 0 Å². The van der Waals surface area contributed by atoms with E-state index in [4.69, 9.17) is 4.74 Å². The predicted molar refractivity (Wildman–Crippen MR) is 115 cm³/mol. The van der Waals surface area contributed by atoms with Gasteiger partial charge in [-0.15, -0.1) is 0 Å². The maximum Gasteiger partial charge on any atom is 0.420 e. The summed E-state index contributed by atoms with van der Waals surface area (Å²) < 4.78 is 45.7. The summed E-state index contributed by atoms with van der Waals surface area (Å²) in [7, 11) is 0. The van der Waals surface area contributed by atoms with Gasteiger partial charge in [0.1, 0.15) is 12.4 Å². The van der Waals surface area contributed by atoms with Crippen molar-refractivity contribution in [2.75, 3.05) is 11.9 Å². The van der Waals surface area contributed by atoms with E-state index in [0.717, 1.165) is 17.2 Å². The molecule has 0 radical (unpaired) electrons. The zero-order valence-electron chi connectivity index (χ0n) is 16.9. The third kappa shape index (κ3) is 4.79. The number of nitrogens with one attached hydrogen (secondary N) is 1. The number of amides is 1. The molecule has 1 amide bonds. The molecule has 6 heteroatoms. The largest absolute Gasteiger partial charge is 0.489 e. The second-order valence-corrected chi connectivity index (χ2v) is 7.12. The quantitative estimate of drug-likeness (QED) is 0.457. The summed E-state index contributed by atoms with van der Waals surface area (Å²) in [4.78, 5) is 13.4. The molecule has 0 atom stereocenters. The lowest BCUT2D eigenvalue weighted by atomic mass is 9.75. The van der Waals surface area contributed by atoms with E-state index in [0.29, 0.717) is 0 Å². The molecule has 0 aliphatic heterocycles. The van der Waals surface area contributed by atoms with Gasteiger partial charge in [-0.1, -0.05) is 73.3 Å². The molecule has 0 spiro atoms. The monoisotopic (exact) mass is 425 g/mol. The van der Waals surface area contributed by atoms with Gasteiger partial charge in [0, 0.05) is 5.69 Å². The molecule has 31 heavy (non-hydrogen) atoms. The highest BCUT2D eigenvalue weighted by Crippen LogP contribution is 2.39. The number of carbonyl (C=O) groups excluding carboxylic acids is 1. The molecule has 1 N–H and O–H groups in total. The lowest BCUT2D eigenvalue weighted by Gasteiger charge is -2.30. The summed E-state index contributed by atoms with van der Waals surface area (Å²) in [6, 6.07) is 21.7. The van der Waals surface area contributed by atoms with Crippen LogP contribution in [0.2, 0.25) is 0 Å². The lowest BCUT2D eigenvalue weighted by molar-refractivity contribution is -0.138. The van der Waals surface area contributed by atoms with Crippen LogP contribution in [0.3, 0.4) is 0 Å². The predicted octanol–water partition coefficient (Wildman–Crippen LogP) is 6.21. The Labute approximate surface area is 179 Å². The fourth-order valence-corrected chi connectivity index (χ4v) is 3.33. The minimum absolute atomic E-state index is 0.0290. The number of alkyl halides is 3. The Bertz CT molecular complexity index is 1010. The van der Waals surface area contributed by atoms with Gasteiger partial charge in [0.2, 0.25) is 5.91 Å². The SMILES string of the molecule is C=CCOc1ccc(NC(=O)C(C)(c2ccccc2)c2ccccc2)cc1C(F)(F)F. The molecule has 3 aromatic rings. The van der Waals surface area contributed by atoms with Crippen LogP contribution in [0.25, 0.3) is 0 Å². The van der Waals surface area contributed by atoms with E-state index in [1.807, 2.05) is 60.7 Å². The van der Waals surface area contributed by atoms with Gasteiger partial charge in [0.05, 0.1) is 11.0 Å². The molecule has 3 aromatic carbocycles. The first kappa shape index (κ1) is 22.2. The highest BCUT2D eigenvalue weighted by molar-refractivity contribution is 6.01. The second kappa shape index (κ2) is 9.08. The highest BCUT2D eigenvalue weighted by atomic mass is 19.4. The Kier molecular flexibility index (Phi) is 6.49. The van der Waals surface area contributed by atoms with E-state index in [9.17, 15) is 18.0 Å². The Morgan fingerprint density at radius 1 is 0.968 bits per heavy atom. The number of hydrogen-bond donors (Lipinski definition) is 1. The maximum atomic E-state index is 13.5. The molecule has 0 saturated heterocycles. The highest BCUT2D eigenvalue weighted by Gasteiger charge is 2.38. The Morgan fingerprint density at radius 2 is 1.52 bits per heavy atom. The van der Waals surface area contributed by atoms with E-state index in [1.165, 1.54) is 18.2 Å². The minimum Gasteiger partial charge on any atom is -0.489 e. The minimum atomic E-state index is -4.64. The summed E-state index contributed by atoms with van der Waals surface area (Å²) >= 11 is 0. The van der Waals surface area contributed by atoms with E-state index < -0.39 is 23.1 Å². The van der Waals surface area contributed by atoms with Crippen molar-refractivity contribution in [1.29, 1.82) is 0 Å². The Hall–Kier alpha value is -3.54. The molecule has 0 heterocycles. The Balaban J connectivity index is 2.00. The normalized spacial score (nSPS) is 11.6. The smallest absolute Gasteiger partial charge is 0.420 e. The van der Waals surface area contributed by atoms with Crippen LogP contribution < -0.4 is 10.1 Å². The second-order valence-electron chi connectivity index (χ2n) is 7.12. The average Bonchev–Trinajstić information content (AvgIpc) is 2.78. The van der Waals surface area contributed by atoms with Crippen molar-refractivity contribution in [3.05, 3.63) is 108 Å². The fourth-order valence-electron chi connectivity index (χ4n) is 3.33. The van der Waals surface area contributed by atoms with Crippen molar-refractivity contribution in [2.24, 2.45) is 0 Å². The lowest BCUT2D eigenvalue weighted by Crippen LogP contribution is -2.38. The first-order chi connectivity index (χ1) is 14.8. The van der Waals surface area contributed by atoms with E-state index >= 15 is 0 Å². The molecule has 0 aliphatic rings. The molecule has 3 rings (SSSR count). The zero-order valence-corrected chi connectivity index (χ0v) is 16.9. The summed E-state index contributed by atoms with van der Waals surface area (Å²) in [6.07, 6.45) is -3.28. The van der Waals surface area contributed by atoms with Gasteiger partial charge in [-0.05, 0) is 36.2 Å². The van der Waals surface area contributed by atoms with E-state index in [2.05, 4.69) is 11.9 Å². The van der Waals surface area contributed by atoms with Crippen LogP contribution in [-0.2, 0) is 16.4 Å². The summed E-state index contributed by atoms with van der Waals surface area (Å²) in [5, 5.41) is 2.66. The molecular formula is C25H22F3NO2. The van der Waals surface area contributed by atoms with Crippen LogP contribution in [-0.4, -0.2) is 12.5 Å². The summed E-state index contributed by atoms with van der Waals surface area (Å²) in [5.41, 5.74) is -0.602. The molecular weight excluding hydrogens is 403 g/mol. The van der Waals surface area contributed by atoms with Crippen LogP contribution in [0.15, 0.2) is 91.5 Å². The summed E-state index contributed by atoms with van der Waals surface area (Å²) in [5.74, 6) is -0.767. The number of benzene rings is 3. The molecule has 0 aromatic heterocycles. The fraction of sp³-hybridized carbons (Fsp3) is 0.160. The number of halogens is 3.